The smallest absolute Gasteiger partial charge is 0.175 e. The molecule has 4 rings (SSSR count). The van der Waals surface area contributed by atoms with E-state index in [1.165, 1.54) is 17.7 Å². The number of sulfone groups is 1. The van der Waals surface area contributed by atoms with Gasteiger partial charge < -0.3 is 15.0 Å². The van der Waals surface area contributed by atoms with E-state index < -0.39 is 15.7 Å². The van der Waals surface area contributed by atoms with E-state index in [1.807, 2.05) is 41.3 Å². The van der Waals surface area contributed by atoms with Crippen LogP contribution in [0.25, 0.3) is 0 Å². The molecule has 0 unspecified atom stereocenters. The average molecular weight is 455 g/mol. The maximum atomic E-state index is 14.5. The molecule has 168 valence electrons. The predicted molar refractivity (Wildman–Crippen MR) is 124 cm³/mol. The molecule has 0 radical (unpaired) electrons. The Kier molecular flexibility index (Phi) is 6.77. The van der Waals surface area contributed by atoms with Crippen LogP contribution in [0.2, 0.25) is 0 Å². The molecule has 1 saturated heterocycles. The fourth-order valence-electron chi connectivity index (χ4n) is 3.89. The predicted octanol–water partition coefficient (Wildman–Crippen LogP) is 4.18. The second-order valence-corrected chi connectivity index (χ2v) is 10.1. The SMILES string of the molecule is CS(=O)(=O)c1ccc(N2CC[C@H](Oc3cccc(CNCc4ccccc4)c3)C2)c(F)c1. The van der Waals surface area contributed by atoms with Crippen molar-refractivity contribution in [3.63, 3.8) is 0 Å². The highest BCUT2D eigenvalue weighted by atomic mass is 32.2. The highest BCUT2D eigenvalue weighted by Crippen LogP contribution is 2.28. The quantitative estimate of drug-likeness (QED) is 0.554. The van der Waals surface area contributed by atoms with Gasteiger partial charge in [0.15, 0.2) is 9.84 Å². The molecule has 3 aromatic rings. The Hall–Kier alpha value is -2.90. The summed E-state index contributed by atoms with van der Waals surface area (Å²) in [5, 5.41) is 3.44. The fraction of sp³-hybridized carbons (Fsp3) is 0.280. The van der Waals surface area contributed by atoms with Gasteiger partial charge in [0.25, 0.3) is 0 Å². The normalized spacial score (nSPS) is 16.3. The van der Waals surface area contributed by atoms with Crippen LogP contribution in [0.1, 0.15) is 17.5 Å². The number of anilines is 1. The molecule has 1 atom stereocenters. The van der Waals surface area contributed by atoms with Gasteiger partial charge in [-0.15, -0.1) is 0 Å². The Labute approximate surface area is 188 Å². The topological polar surface area (TPSA) is 58.6 Å². The molecule has 0 bridgehead atoms. The third kappa shape index (κ3) is 5.66. The molecule has 0 saturated carbocycles. The van der Waals surface area contributed by atoms with Crippen LogP contribution in [0.3, 0.4) is 0 Å². The number of ether oxygens (including phenoxy) is 1. The highest BCUT2D eigenvalue weighted by Gasteiger charge is 2.26. The van der Waals surface area contributed by atoms with Crippen molar-refractivity contribution in [3.05, 3.63) is 89.7 Å². The first kappa shape index (κ1) is 22.3. The molecule has 0 aliphatic carbocycles. The first-order valence-electron chi connectivity index (χ1n) is 10.6. The van der Waals surface area contributed by atoms with Crippen LogP contribution in [-0.2, 0) is 22.9 Å². The molecule has 1 aliphatic rings. The van der Waals surface area contributed by atoms with E-state index in [0.717, 1.165) is 43.1 Å². The van der Waals surface area contributed by atoms with Crippen molar-refractivity contribution < 1.29 is 17.5 Å². The number of nitrogens with zero attached hydrogens (tertiary/aromatic N) is 1. The third-order valence-electron chi connectivity index (χ3n) is 5.54. The minimum absolute atomic E-state index is 0.0107. The molecule has 1 fully saturated rings. The Bertz CT molecular complexity index is 1170. The Morgan fingerprint density at radius 3 is 2.50 bits per heavy atom. The van der Waals surface area contributed by atoms with Gasteiger partial charge in [0.05, 0.1) is 17.1 Å². The number of hydrogen-bond donors (Lipinski definition) is 1. The van der Waals surface area contributed by atoms with Gasteiger partial charge in [0.1, 0.15) is 17.7 Å². The number of hydrogen-bond acceptors (Lipinski definition) is 5. The molecule has 1 heterocycles. The Morgan fingerprint density at radius 1 is 1.00 bits per heavy atom. The minimum atomic E-state index is -3.43. The summed E-state index contributed by atoms with van der Waals surface area (Å²) < 4.78 is 44.0. The van der Waals surface area contributed by atoms with Gasteiger partial charge in [0.2, 0.25) is 0 Å². The van der Waals surface area contributed by atoms with Gasteiger partial charge in [-0.3, -0.25) is 0 Å². The van der Waals surface area contributed by atoms with Crippen LogP contribution < -0.4 is 15.0 Å². The average Bonchev–Trinajstić information content (AvgIpc) is 3.22. The molecule has 32 heavy (non-hydrogen) atoms. The van der Waals surface area contributed by atoms with E-state index in [-0.39, 0.29) is 11.0 Å². The minimum Gasteiger partial charge on any atom is -0.489 e. The summed E-state index contributed by atoms with van der Waals surface area (Å²) in [6, 6.07) is 22.3. The lowest BCUT2D eigenvalue weighted by Gasteiger charge is -2.20. The highest BCUT2D eigenvalue weighted by molar-refractivity contribution is 7.90. The van der Waals surface area contributed by atoms with E-state index >= 15 is 0 Å². The zero-order valence-electron chi connectivity index (χ0n) is 18.0. The maximum Gasteiger partial charge on any atom is 0.175 e. The standard InChI is InChI=1S/C25H27FN2O3S/c1-32(29,30)23-10-11-25(24(26)15-23)28-13-12-22(18-28)31-21-9-5-8-20(14-21)17-27-16-19-6-3-2-4-7-19/h2-11,14-15,22,27H,12-13,16-18H2,1H3/t22-/m0/s1. The van der Waals surface area contributed by atoms with Crippen molar-refractivity contribution in [3.8, 4) is 5.75 Å². The maximum absolute atomic E-state index is 14.5. The summed E-state index contributed by atoms with van der Waals surface area (Å²) in [7, 11) is -3.43. The van der Waals surface area contributed by atoms with E-state index in [2.05, 4.69) is 23.5 Å². The Morgan fingerprint density at radius 2 is 1.75 bits per heavy atom. The molecule has 1 N–H and O–H groups in total. The van der Waals surface area contributed by atoms with Gasteiger partial charge in [-0.25, -0.2) is 12.8 Å². The number of halogens is 1. The summed E-state index contributed by atoms with van der Waals surface area (Å²) in [6.45, 7) is 2.73. The lowest BCUT2D eigenvalue weighted by molar-refractivity contribution is 0.224. The number of benzene rings is 3. The van der Waals surface area contributed by atoms with E-state index in [9.17, 15) is 12.8 Å². The van der Waals surface area contributed by atoms with Crippen LogP contribution in [0, 0.1) is 5.82 Å². The van der Waals surface area contributed by atoms with E-state index in [4.69, 9.17) is 4.74 Å². The molecule has 3 aromatic carbocycles. The lowest BCUT2D eigenvalue weighted by Crippen LogP contribution is -2.25. The summed E-state index contributed by atoms with van der Waals surface area (Å²) in [4.78, 5) is 1.89. The lowest BCUT2D eigenvalue weighted by atomic mass is 10.2. The van der Waals surface area contributed by atoms with Crippen LogP contribution in [-0.4, -0.2) is 33.9 Å². The Balaban J connectivity index is 1.33. The van der Waals surface area contributed by atoms with Crippen molar-refractivity contribution in [2.24, 2.45) is 0 Å². The van der Waals surface area contributed by atoms with E-state index in [1.54, 1.807) is 0 Å². The number of rotatable bonds is 8. The van der Waals surface area contributed by atoms with Crippen molar-refractivity contribution in [1.29, 1.82) is 0 Å². The molecular formula is C25H27FN2O3S. The summed E-state index contributed by atoms with van der Waals surface area (Å²) in [6.07, 6.45) is 1.78. The van der Waals surface area contributed by atoms with Gasteiger partial charge in [0, 0.05) is 32.3 Å². The third-order valence-corrected chi connectivity index (χ3v) is 6.65. The van der Waals surface area contributed by atoms with Crippen molar-refractivity contribution in [2.75, 3.05) is 24.2 Å². The van der Waals surface area contributed by atoms with Gasteiger partial charge in [-0.1, -0.05) is 42.5 Å². The van der Waals surface area contributed by atoms with Crippen LogP contribution >= 0.6 is 0 Å². The van der Waals surface area contributed by atoms with Gasteiger partial charge in [-0.2, -0.15) is 0 Å². The molecule has 0 spiro atoms. The molecule has 7 heteroatoms. The van der Waals surface area contributed by atoms with Crippen LogP contribution in [0.4, 0.5) is 10.1 Å². The van der Waals surface area contributed by atoms with Crippen molar-refractivity contribution in [1.82, 2.24) is 5.32 Å². The zero-order chi connectivity index (χ0) is 22.6. The van der Waals surface area contributed by atoms with Crippen LogP contribution in [0.15, 0.2) is 77.7 Å². The second-order valence-electron chi connectivity index (χ2n) is 8.10. The molecule has 0 amide bonds. The first-order valence-corrected chi connectivity index (χ1v) is 12.5. The second kappa shape index (κ2) is 9.71. The van der Waals surface area contributed by atoms with E-state index in [0.29, 0.717) is 18.8 Å². The summed E-state index contributed by atoms with van der Waals surface area (Å²) >= 11 is 0. The summed E-state index contributed by atoms with van der Waals surface area (Å²) in [5.41, 5.74) is 2.78. The number of nitrogens with one attached hydrogen (secondary N) is 1. The van der Waals surface area contributed by atoms with Crippen molar-refractivity contribution >= 4 is 15.5 Å². The van der Waals surface area contributed by atoms with Gasteiger partial charge >= 0.3 is 0 Å². The largest absolute Gasteiger partial charge is 0.489 e. The molecule has 1 aliphatic heterocycles. The van der Waals surface area contributed by atoms with Crippen LogP contribution in [0.5, 0.6) is 5.75 Å². The first-order chi connectivity index (χ1) is 15.4. The molecule has 5 nitrogen and oxygen atoms in total. The van der Waals surface area contributed by atoms with Crippen molar-refractivity contribution in [2.45, 2.75) is 30.5 Å². The fourth-order valence-corrected chi connectivity index (χ4v) is 4.52. The summed E-state index contributed by atoms with van der Waals surface area (Å²) in [5.74, 6) is 0.267. The zero-order valence-corrected chi connectivity index (χ0v) is 18.8. The van der Waals surface area contributed by atoms with Gasteiger partial charge in [-0.05, 0) is 41.5 Å². The monoisotopic (exact) mass is 454 g/mol. The molecular weight excluding hydrogens is 427 g/mol. The molecule has 0 aromatic heterocycles.